The summed E-state index contributed by atoms with van der Waals surface area (Å²) in [6.45, 7) is 0. The van der Waals surface area contributed by atoms with Crippen LogP contribution in [0.5, 0.6) is 0 Å². The highest BCUT2D eigenvalue weighted by atomic mass is 32.1. The Hall–Kier alpha value is -5.12. The lowest BCUT2D eigenvalue weighted by atomic mass is 10.0. The second kappa shape index (κ2) is 8.69. The average molecular weight is 541 g/mol. The van der Waals surface area contributed by atoms with Crippen molar-refractivity contribution in [1.29, 1.82) is 0 Å². The molecule has 9 rings (SSSR count). The van der Waals surface area contributed by atoms with Crippen LogP contribution in [0.25, 0.3) is 75.4 Å². The number of hydrogen-bond acceptors (Lipinski definition) is 1. The number of rotatable bonds is 3. The van der Waals surface area contributed by atoms with Crippen LogP contribution in [0.2, 0.25) is 0 Å². The first kappa shape index (κ1) is 22.7. The normalized spacial score (nSPS) is 11.9. The molecule has 0 saturated heterocycles. The minimum Gasteiger partial charge on any atom is -0.316 e. The molecular weight excluding hydrogens is 516 g/mol. The third-order valence-electron chi connectivity index (χ3n) is 8.38. The third-order valence-corrected chi connectivity index (χ3v) is 9.60. The summed E-state index contributed by atoms with van der Waals surface area (Å²) in [6, 6.07) is 50.6. The summed E-state index contributed by atoms with van der Waals surface area (Å²) >= 11 is 1.88. The van der Waals surface area contributed by atoms with Gasteiger partial charge >= 0.3 is 0 Å². The lowest BCUT2D eigenvalue weighted by molar-refractivity contribution is 1.13. The molecule has 0 aliphatic rings. The van der Waals surface area contributed by atoms with Crippen LogP contribution < -0.4 is 0 Å². The zero-order valence-corrected chi connectivity index (χ0v) is 23.0. The van der Waals surface area contributed by atoms with Crippen molar-refractivity contribution in [3.05, 3.63) is 146 Å². The Balaban J connectivity index is 1.21. The monoisotopic (exact) mass is 540 g/mol. The van der Waals surface area contributed by atoms with E-state index in [2.05, 4.69) is 155 Å². The van der Waals surface area contributed by atoms with Gasteiger partial charge in [-0.15, -0.1) is 11.3 Å². The summed E-state index contributed by atoms with van der Waals surface area (Å²) < 4.78 is 7.41. The number of fused-ring (bicyclic) bond motifs is 8. The molecule has 192 valence electrons. The Kier molecular flexibility index (Phi) is 4.80. The van der Waals surface area contributed by atoms with Crippen LogP contribution in [-0.2, 0) is 0 Å². The number of hydrogen-bond donors (Lipinski definition) is 0. The summed E-state index contributed by atoms with van der Waals surface area (Å²) in [5.41, 5.74) is 8.57. The average Bonchev–Trinajstić information content (AvgIpc) is 3.73. The van der Waals surface area contributed by atoms with Crippen LogP contribution in [0, 0.1) is 0 Å². The molecule has 0 bridgehead atoms. The fourth-order valence-corrected chi connectivity index (χ4v) is 7.76. The SMILES string of the molecule is c1ccc(-n2c3ccccc3c3ccc4c(ccn4-c4ccc(-c5cccc6c5sc5ccccc56)cc4)c32)cc1. The first-order chi connectivity index (χ1) is 20.3. The molecule has 2 nitrogen and oxygen atoms in total. The summed E-state index contributed by atoms with van der Waals surface area (Å²) in [7, 11) is 0. The van der Waals surface area contributed by atoms with Crippen LogP contribution in [0.4, 0.5) is 0 Å². The fourth-order valence-electron chi connectivity index (χ4n) is 6.52. The van der Waals surface area contributed by atoms with E-state index in [0.717, 1.165) is 5.69 Å². The largest absolute Gasteiger partial charge is 0.316 e. The third kappa shape index (κ3) is 3.30. The van der Waals surface area contributed by atoms with E-state index in [1.807, 2.05) is 11.3 Å². The molecule has 0 aliphatic heterocycles. The molecule has 0 aliphatic carbocycles. The Morgan fingerprint density at radius 1 is 0.439 bits per heavy atom. The van der Waals surface area contributed by atoms with Crippen molar-refractivity contribution in [2.24, 2.45) is 0 Å². The Morgan fingerprint density at radius 2 is 1.20 bits per heavy atom. The maximum absolute atomic E-state index is 2.41. The first-order valence-corrected chi connectivity index (χ1v) is 14.8. The molecule has 3 heterocycles. The van der Waals surface area contributed by atoms with Crippen LogP contribution in [0.3, 0.4) is 0 Å². The number of thiophene rings is 1. The van der Waals surface area contributed by atoms with E-state index in [0.29, 0.717) is 0 Å². The van der Waals surface area contributed by atoms with Gasteiger partial charge in [-0.3, -0.25) is 0 Å². The quantitative estimate of drug-likeness (QED) is 0.211. The molecule has 0 amide bonds. The summed E-state index contributed by atoms with van der Waals surface area (Å²) in [6.07, 6.45) is 2.21. The highest BCUT2D eigenvalue weighted by Crippen LogP contribution is 2.41. The Morgan fingerprint density at radius 3 is 2.07 bits per heavy atom. The topological polar surface area (TPSA) is 9.86 Å². The Labute approximate surface area is 240 Å². The lowest BCUT2D eigenvalue weighted by Gasteiger charge is -2.10. The lowest BCUT2D eigenvalue weighted by Crippen LogP contribution is -1.94. The minimum atomic E-state index is 1.16. The van der Waals surface area contributed by atoms with Crippen molar-refractivity contribution in [2.75, 3.05) is 0 Å². The maximum Gasteiger partial charge on any atom is 0.0635 e. The molecule has 0 spiro atoms. The first-order valence-electron chi connectivity index (χ1n) is 13.9. The van der Waals surface area contributed by atoms with Gasteiger partial charge in [-0.1, -0.05) is 91.0 Å². The fraction of sp³-hybridized carbons (Fsp3) is 0. The number of aromatic nitrogens is 2. The number of benzene rings is 6. The Bertz CT molecular complexity index is 2400. The molecule has 3 aromatic heterocycles. The van der Waals surface area contributed by atoms with E-state index in [4.69, 9.17) is 0 Å². The van der Waals surface area contributed by atoms with E-state index in [-0.39, 0.29) is 0 Å². The molecule has 0 unspecified atom stereocenters. The van der Waals surface area contributed by atoms with Gasteiger partial charge in [0.2, 0.25) is 0 Å². The molecule has 41 heavy (non-hydrogen) atoms. The number of para-hydroxylation sites is 2. The zero-order chi connectivity index (χ0) is 26.9. The second-order valence-electron chi connectivity index (χ2n) is 10.6. The van der Waals surface area contributed by atoms with E-state index in [1.165, 1.54) is 69.7 Å². The molecule has 0 radical (unpaired) electrons. The highest BCUT2D eigenvalue weighted by Gasteiger charge is 2.17. The summed E-state index contributed by atoms with van der Waals surface area (Å²) in [5.74, 6) is 0. The van der Waals surface area contributed by atoms with Gasteiger partial charge in [0.25, 0.3) is 0 Å². The molecule has 0 saturated carbocycles. The molecule has 3 heteroatoms. The zero-order valence-electron chi connectivity index (χ0n) is 22.2. The van der Waals surface area contributed by atoms with Gasteiger partial charge in [0.1, 0.15) is 0 Å². The predicted octanol–water partition coefficient (Wildman–Crippen LogP) is 10.8. The summed E-state index contributed by atoms with van der Waals surface area (Å²) in [4.78, 5) is 0. The highest BCUT2D eigenvalue weighted by molar-refractivity contribution is 7.26. The van der Waals surface area contributed by atoms with Crippen molar-refractivity contribution >= 4 is 64.2 Å². The molecule has 9 aromatic rings. The van der Waals surface area contributed by atoms with Gasteiger partial charge in [-0.05, 0) is 59.7 Å². The predicted molar refractivity (Wildman–Crippen MR) is 176 cm³/mol. The van der Waals surface area contributed by atoms with Crippen molar-refractivity contribution in [1.82, 2.24) is 9.13 Å². The molecule has 0 fully saturated rings. The van der Waals surface area contributed by atoms with Crippen LogP contribution in [0.1, 0.15) is 0 Å². The van der Waals surface area contributed by atoms with Crippen molar-refractivity contribution in [3.63, 3.8) is 0 Å². The smallest absolute Gasteiger partial charge is 0.0635 e. The van der Waals surface area contributed by atoms with Crippen molar-refractivity contribution in [2.45, 2.75) is 0 Å². The van der Waals surface area contributed by atoms with Crippen LogP contribution in [0.15, 0.2) is 146 Å². The number of nitrogens with zero attached hydrogens (tertiary/aromatic N) is 2. The molecular formula is C38H24N2S. The van der Waals surface area contributed by atoms with E-state index in [9.17, 15) is 0 Å². The van der Waals surface area contributed by atoms with Crippen molar-refractivity contribution < 1.29 is 0 Å². The van der Waals surface area contributed by atoms with E-state index in [1.54, 1.807) is 0 Å². The molecule has 6 aromatic carbocycles. The maximum atomic E-state index is 2.41. The van der Waals surface area contributed by atoms with Gasteiger partial charge in [0, 0.05) is 53.9 Å². The van der Waals surface area contributed by atoms with Gasteiger partial charge < -0.3 is 9.13 Å². The molecule has 0 N–H and O–H groups in total. The van der Waals surface area contributed by atoms with E-state index < -0.39 is 0 Å². The van der Waals surface area contributed by atoms with Crippen LogP contribution in [-0.4, -0.2) is 9.13 Å². The van der Waals surface area contributed by atoms with Gasteiger partial charge in [0.05, 0.1) is 16.6 Å². The van der Waals surface area contributed by atoms with Crippen LogP contribution >= 0.6 is 11.3 Å². The minimum absolute atomic E-state index is 1.16. The second-order valence-corrected chi connectivity index (χ2v) is 11.6. The van der Waals surface area contributed by atoms with Gasteiger partial charge in [-0.25, -0.2) is 0 Å². The van der Waals surface area contributed by atoms with Gasteiger partial charge in [-0.2, -0.15) is 0 Å². The van der Waals surface area contributed by atoms with Crippen molar-refractivity contribution in [3.8, 4) is 22.5 Å². The van der Waals surface area contributed by atoms with Gasteiger partial charge in [0.15, 0.2) is 0 Å². The summed E-state index contributed by atoms with van der Waals surface area (Å²) in [5, 5.41) is 6.48. The molecule has 0 atom stereocenters. The van der Waals surface area contributed by atoms with E-state index >= 15 is 0 Å². The standard InChI is InChI=1S/C38H24N2S/c1-2-9-27(10-3-1)40-35-15-6-4-11-29(35)31-21-22-34-33(37(31)40)23-24-39(34)26-19-17-25(18-20-26)28-13-8-14-32-30-12-5-7-16-36(30)41-38(28)32/h1-24H.